The third-order valence-electron chi connectivity index (χ3n) is 6.93. The molecule has 1 aromatic rings. The number of nitrogens with zero attached hydrogens (tertiary/aromatic N) is 3. The molecule has 1 aliphatic carbocycles. The van der Waals surface area contributed by atoms with Gasteiger partial charge in [-0.25, -0.2) is 0 Å². The van der Waals surface area contributed by atoms with Crippen molar-refractivity contribution < 1.29 is 14.4 Å². The number of rotatable bonds is 4. The normalized spacial score (nSPS) is 24.3. The van der Waals surface area contributed by atoms with Crippen LogP contribution >= 0.6 is 0 Å². The van der Waals surface area contributed by atoms with Crippen molar-refractivity contribution in [2.75, 3.05) is 19.6 Å². The summed E-state index contributed by atoms with van der Waals surface area (Å²) in [6.07, 6.45) is 10.6. The monoisotopic (exact) mass is 398 g/mol. The summed E-state index contributed by atoms with van der Waals surface area (Å²) in [4.78, 5) is 44.8. The maximum atomic E-state index is 13.4. The van der Waals surface area contributed by atoms with Crippen LogP contribution in [-0.2, 0) is 14.4 Å². The fourth-order valence-electron chi connectivity index (χ4n) is 5.47. The van der Waals surface area contributed by atoms with E-state index in [0.717, 1.165) is 38.5 Å². The molecule has 7 nitrogen and oxygen atoms in total. The van der Waals surface area contributed by atoms with E-state index < -0.39 is 0 Å². The molecular formula is C22H30N4O3. The minimum atomic E-state index is -0.238. The van der Waals surface area contributed by atoms with Gasteiger partial charge in [0, 0.05) is 38.4 Å². The van der Waals surface area contributed by atoms with Gasteiger partial charge in [0.05, 0.1) is 18.0 Å². The zero-order valence-corrected chi connectivity index (χ0v) is 17.1. The molecule has 0 aromatic carbocycles. The van der Waals surface area contributed by atoms with Crippen LogP contribution < -0.4 is 5.32 Å². The van der Waals surface area contributed by atoms with Crippen LogP contribution in [0.1, 0.15) is 63.5 Å². The van der Waals surface area contributed by atoms with Gasteiger partial charge in [-0.2, -0.15) is 0 Å². The summed E-state index contributed by atoms with van der Waals surface area (Å²) in [5.74, 6) is 0.0578. The maximum Gasteiger partial charge on any atom is 0.241 e. The van der Waals surface area contributed by atoms with Crippen molar-refractivity contribution in [1.29, 1.82) is 0 Å². The first-order chi connectivity index (χ1) is 14.0. The van der Waals surface area contributed by atoms with Crippen LogP contribution in [0.25, 0.3) is 0 Å². The lowest BCUT2D eigenvalue weighted by Crippen LogP contribution is -2.68. The number of aromatic nitrogens is 1. The molecule has 1 N–H and O–H groups in total. The van der Waals surface area contributed by atoms with Crippen LogP contribution in [0.5, 0.6) is 0 Å². The summed E-state index contributed by atoms with van der Waals surface area (Å²) >= 11 is 0. The number of pyridine rings is 1. The molecule has 3 aliphatic rings. The van der Waals surface area contributed by atoms with Crippen LogP contribution in [0.4, 0.5) is 0 Å². The van der Waals surface area contributed by atoms with Gasteiger partial charge in [0.25, 0.3) is 0 Å². The Kier molecular flexibility index (Phi) is 5.56. The van der Waals surface area contributed by atoms with Crippen LogP contribution in [0.15, 0.2) is 24.5 Å². The van der Waals surface area contributed by atoms with Gasteiger partial charge in [-0.1, -0.05) is 19.3 Å². The molecule has 3 amide bonds. The Balaban J connectivity index is 1.46. The van der Waals surface area contributed by atoms with E-state index in [9.17, 15) is 14.4 Å². The molecule has 156 valence electrons. The fraction of sp³-hybridized carbons (Fsp3) is 0.636. The first kappa shape index (κ1) is 19.9. The summed E-state index contributed by atoms with van der Waals surface area (Å²) < 4.78 is 0. The molecule has 1 atom stereocenters. The number of piperidine rings is 1. The quantitative estimate of drug-likeness (QED) is 0.787. The third kappa shape index (κ3) is 3.63. The molecule has 1 saturated carbocycles. The van der Waals surface area contributed by atoms with Crippen molar-refractivity contribution in [2.45, 2.75) is 64.0 Å². The zero-order valence-electron chi connectivity index (χ0n) is 17.1. The van der Waals surface area contributed by atoms with Crippen molar-refractivity contribution in [3.8, 4) is 0 Å². The van der Waals surface area contributed by atoms with E-state index >= 15 is 0 Å². The van der Waals surface area contributed by atoms with Crippen LogP contribution in [-0.4, -0.2) is 58.2 Å². The predicted molar refractivity (Wildman–Crippen MR) is 108 cm³/mol. The highest BCUT2D eigenvalue weighted by atomic mass is 16.2. The number of carbonyl (C=O) groups excluding carboxylic acids is 3. The molecule has 3 fully saturated rings. The lowest BCUT2D eigenvalue weighted by molar-refractivity contribution is -0.186. The van der Waals surface area contributed by atoms with Gasteiger partial charge < -0.3 is 15.1 Å². The molecule has 1 unspecified atom stereocenters. The van der Waals surface area contributed by atoms with Crippen LogP contribution in [0.2, 0.25) is 0 Å². The number of nitrogens with one attached hydrogen (secondary N) is 1. The summed E-state index contributed by atoms with van der Waals surface area (Å²) in [6, 6.07) is 4.39. The number of β-lactam (4-membered cyclic amide) rings is 1. The number of likely N-dealkylation sites (tertiary alicyclic amines) is 2. The predicted octanol–water partition coefficient (Wildman–Crippen LogP) is 2.04. The highest BCUT2D eigenvalue weighted by Crippen LogP contribution is 2.59. The molecular weight excluding hydrogens is 368 g/mol. The van der Waals surface area contributed by atoms with Gasteiger partial charge in [-0.15, -0.1) is 0 Å². The summed E-state index contributed by atoms with van der Waals surface area (Å²) in [6.45, 7) is 2.71. The molecule has 2 aliphatic heterocycles. The smallest absolute Gasteiger partial charge is 0.241 e. The van der Waals surface area contributed by atoms with E-state index in [-0.39, 0.29) is 35.9 Å². The van der Waals surface area contributed by atoms with E-state index in [1.165, 1.54) is 18.9 Å². The Morgan fingerprint density at radius 3 is 2.41 bits per heavy atom. The average Bonchev–Trinajstić information content (AvgIpc) is 2.76. The lowest BCUT2D eigenvalue weighted by atomic mass is 9.59. The molecule has 1 spiro atoms. The summed E-state index contributed by atoms with van der Waals surface area (Å²) in [5, 5.41) is 2.57. The average molecular weight is 399 g/mol. The number of hydrogen-bond acceptors (Lipinski definition) is 4. The van der Waals surface area contributed by atoms with Crippen molar-refractivity contribution in [3.05, 3.63) is 30.1 Å². The molecule has 4 rings (SSSR count). The first-order valence-corrected chi connectivity index (χ1v) is 10.8. The number of amides is 3. The van der Waals surface area contributed by atoms with Gasteiger partial charge in [0.1, 0.15) is 0 Å². The van der Waals surface area contributed by atoms with E-state index in [1.54, 1.807) is 4.90 Å². The molecule has 7 heteroatoms. The molecule has 3 heterocycles. The Hall–Kier alpha value is -2.44. The Morgan fingerprint density at radius 2 is 1.79 bits per heavy atom. The Bertz CT molecular complexity index is 768. The second-order valence-electron chi connectivity index (χ2n) is 8.63. The molecule has 2 saturated heterocycles. The van der Waals surface area contributed by atoms with Gasteiger partial charge in [0.15, 0.2) is 0 Å². The topological polar surface area (TPSA) is 82.6 Å². The Labute approximate surface area is 171 Å². The van der Waals surface area contributed by atoms with Crippen LogP contribution in [0.3, 0.4) is 0 Å². The second-order valence-corrected chi connectivity index (χ2v) is 8.63. The lowest BCUT2D eigenvalue weighted by Gasteiger charge is -2.61. The Morgan fingerprint density at radius 1 is 1.14 bits per heavy atom. The zero-order chi connectivity index (χ0) is 20.4. The highest BCUT2D eigenvalue weighted by molar-refractivity contribution is 5.91. The molecule has 0 bridgehead atoms. The minimum absolute atomic E-state index is 0.0470. The van der Waals surface area contributed by atoms with Gasteiger partial charge in [-0.3, -0.25) is 19.4 Å². The minimum Gasteiger partial charge on any atom is -0.347 e. The number of carbonyl (C=O) groups is 3. The van der Waals surface area contributed by atoms with E-state index in [1.807, 2.05) is 24.5 Å². The van der Waals surface area contributed by atoms with Gasteiger partial charge in [-0.05, 0) is 43.4 Å². The molecule has 29 heavy (non-hydrogen) atoms. The van der Waals surface area contributed by atoms with Crippen molar-refractivity contribution in [2.24, 2.45) is 5.41 Å². The SMILES string of the molecule is CC(=O)NCC(=O)N1CCC(N2C(=O)C3(CCCCC3)C2c2ccncc2)CC1. The van der Waals surface area contributed by atoms with E-state index in [4.69, 9.17) is 0 Å². The van der Waals surface area contributed by atoms with Gasteiger partial charge in [0.2, 0.25) is 17.7 Å². The molecule has 1 aromatic heterocycles. The highest BCUT2D eigenvalue weighted by Gasteiger charge is 2.62. The standard InChI is InChI=1S/C22H30N4O3/c1-16(27)24-15-19(28)25-13-7-18(8-14-25)26-20(17-5-11-23-12-6-17)22(21(26)29)9-3-2-4-10-22/h5-6,11-12,18,20H,2-4,7-10,13-15H2,1H3,(H,24,27). The fourth-order valence-corrected chi connectivity index (χ4v) is 5.47. The van der Waals surface area contributed by atoms with Crippen LogP contribution in [0, 0.1) is 5.41 Å². The largest absolute Gasteiger partial charge is 0.347 e. The van der Waals surface area contributed by atoms with E-state index in [2.05, 4.69) is 15.2 Å². The summed E-state index contributed by atoms with van der Waals surface area (Å²) in [7, 11) is 0. The van der Waals surface area contributed by atoms with Crippen molar-refractivity contribution >= 4 is 17.7 Å². The van der Waals surface area contributed by atoms with E-state index in [0.29, 0.717) is 19.0 Å². The first-order valence-electron chi connectivity index (χ1n) is 10.8. The summed E-state index contributed by atoms with van der Waals surface area (Å²) in [5.41, 5.74) is 0.948. The van der Waals surface area contributed by atoms with Crippen molar-refractivity contribution in [3.63, 3.8) is 0 Å². The maximum absolute atomic E-state index is 13.4. The van der Waals surface area contributed by atoms with Crippen molar-refractivity contribution in [1.82, 2.24) is 20.1 Å². The molecule has 0 radical (unpaired) electrons. The van der Waals surface area contributed by atoms with Gasteiger partial charge >= 0.3 is 0 Å². The third-order valence-corrected chi connectivity index (χ3v) is 6.93. The second kappa shape index (κ2) is 8.13. The number of hydrogen-bond donors (Lipinski definition) is 1.